The molecule has 1 fully saturated rings. The zero-order chi connectivity index (χ0) is 12.4. The topological polar surface area (TPSA) is 24.5 Å². The van der Waals surface area contributed by atoms with Gasteiger partial charge in [-0.25, -0.2) is 0 Å². The van der Waals surface area contributed by atoms with Gasteiger partial charge < -0.3 is 10.1 Å². The maximum Gasteiger partial charge on any atom is 0.0700 e. The van der Waals surface area contributed by atoms with Gasteiger partial charge in [0.2, 0.25) is 0 Å². The average molecular weight is 246 g/mol. The zero-order valence-corrected chi connectivity index (χ0v) is 11.1. The van der Waals surface area contributed by atoms with Crippen LogP contribution >= 0.6 is 0 Å². The summed E-state index contributed by atoms with van der Waals surface area (Å²) in [5.41, 5.74) is 4.38. The van der Waals surface area contributed by atoms with Crippen molar-refractivity contribution in [2.45, 2.75) is 39.1 Å². The smallest absolute Gasteiger partial charge is 0.0700 e. The van der Waals surface area contributed by atoms with Crippen LogP contribution in [0.3, 0.4) is 0 Å². The molecule has 1 saturated heterocycles. The summed E-state index contributed by atoms with van der Waals surface area (Å²) in [4.78, 5) is 2.52. The zero-order valence-electron chi connectivity index (χ0n) is 11.1. The Bertz CT molecular complexity index is 419. The first kappa shape index (κ1) is 12.2. The molecule has 0 spiro atoms. The molecule has 0 aromatic heterocycles. The van der Waals surface area contributed by atoms with Crippen molar-refractivity contribution in [1.29, 1.82) is 0 Å². The fourth-order valence-electron chi connectivity index (χ4n) is 2.88. The van der Waals surface area contributed by atoms with E-state index in [-0.39, 0.29) is 0 Å². The lowest BCUT2D eigenvalue weighted by Crippen LogP contribution is -2.41. The summed E-state index contributed by atoms with van der Waals surface area (Å²) in [6.45, 7) is 8.35. The van der Waals surface area contributed by atoms with Gasteiger partial charge in [0, 0.05) is 32.7 Å². The molecule has 1 aromatic carbocycles. The summed E-state index contributed by atoms with van der Waals surface area (Å²) >= 11 is 0. The first-order valence-corrected chi connectivity index (χ1v) is 7.00. The van der Waals surface area contributed by atoms with Crippen LogP contribution in [0.5, 0.6) is 0 Å². The highest BCUT2D eigenvalue weighted by molar-refractivity contribution is 5.34. The molecule has 1 unspecified atom stereocenters. The molecule has 3 nitrogen and oxygen atoms in total. The number of hydrogen-bond acceptors (Lipinski definition) is 3. The van der Waals surface area contributed by atoms with Gasteiger partial charge in [0.1, 0.15) is 0 Å². The quantitative estimate of drug-likeness (QED) is 0.881. The largest absolute Gasteiger partial charge is 0.376 e. The number of rotatable bonds is 3. The van der Waals surface area contributed by atoms with Crippen LogP contribution in [0.1, 0.15) is 30.0 Å². The summed E-state index contributed by atoms with van der Waals surface area (Å²) in [6.07, 6.45) is 1.54. The first-order chi connectivity index (χ1) is 8.85. The molecule has 0 saturated carbocycles. The van der Waals surface area contributed by atoms with Gasteiger partial charge in [-0.1, -0.05) is 25.1 Å². The van der Waals surface area contributed by atoms with Gasteiger partial charge in [-0.15, -0.1) is 0 Å². The van der Waals surface area contributed by atoms with Crippen molar-refractivity contribution in [3.63, 3.8) is 0 Å². The fraction of sp³-hybridized carbons (Fsp3) is 0.600. The standard InChI is InChI=1S/C15H22N2O/c1-2-15-11-17(5-6-18-15)10-12-3-4-13-8-16-9-14(13)7-12/h3-4,7,15-16H,2,5-6,8-11H2,1H3. The van der Waals surface area contributed by atoms with E-state index in [2.05, 4.69) is 35.3 Å². The van der Waals surface area contributed by atoms with Gasteiger partial charge in [-0.05, 0) is 23.1 Å². The number of ether oxygens (including phenoxy) is 1. The van der Waals surface area contributed by atoms with Gasteiger partial charge in [-0.2, -0.15) is 0 Å². The molecule has 3 heteroatoms. The minimum Gasteiger partial charge on any atom is -0.376 e. The van der Waals surface area contributed by atoms with Crippen molar-refractivity contribution in [1.82, 2.24) is 10.2 Å². The van der Waals surface area contributed by atoms with Crippen molar-refractivity contribution in [3.8, 4) is 0 Å². The Labute approximate surface area is 109 Å². The highest BCUT2D eigenvalue weighted by Gasteiger charge is 2.19. The number of benzene rings is 1. The van der Waals surface area contributed by atoms with E-state index in [9.17, 15) is 0 Å². The predicted molar refractivity (Wildman–Crippen MR) is 72.3 cm³/mol. The van der Waals surface area contributed by atoms with Gasteiger partial charge in [0.05, 0.1) is 12.7 Å². The van der Waals surface area contributed by atoms with E-state index in [4.69, 9.17) is 4.74 Å². The van der Waals surface area contributed by atoms with Crippen molar-refractivity contribution in [2.24, 2.45) is 0 Å². The Balaban J connectivity index is 1.65. The van der Waals surface area contributed by atoms with E-state index in [0.29, 0.717) is 6.10 Å². The lowest BCUT2D eigenvalue weighted by molar-refractivity contribution is -0.0324. The normalized spacial score (nSPS) is 24.2. The van der Waals surface area contributed by atoms with Gasteiger partial charge >= 0.3 is 0 Å². The molecule has 1 atom stereocenters. The fourth-order valence-corrected chi connectivity index (χ4v) is 2.88. The maximum atomic E-state index is 5.72. The Hall–Kier alpha value is -0.900. The van der Waals surface area contributed by atoms with E-state index < -0.39 is 0 Å². The van der Waals surface area contributed by atoms with Crippen LogP contribution in [0.25, 0.3) is 0 Å². The molecular formula is C15H22N2O. The number of nitrogens with zero attached hydrogens (tertiary/aromatic N) is 1. The van der Waals surface area contributed by atoms with Crippen LogP contribution in [0.15, 0.2) is 18.2 Å². The molecule has 1 aromatic rings. The second-order valence-corrected chi connectivity index (χ2v) is 5.34. The van der Waals surface area contributed by atoms with Crippen LogP contribution < -0.4 is 5.32 Å². The third kappa shape index (κ3) is 2.58. The molecule has 98 valence electrons. The lowest BCUT2D eigenvalue weighted by atomic mass is 10.1. The Morgan fingerprint density at radius 1 is 1.33 bits per heavy atom. The second-order valence-electron chi connectivity index (χ2n) is 5.34. The predicted octanol–water partition coefficient (Wildman–Crippen LogP) is 1.90. The van der Waals surface area contributed by atoms with Crippen LogP contribution in [0.2, 0.25) is 0 Å². The van der Waals surface area contributed by atoms with Crippen LogP contribution in [-0.2, 0) is 24.4 Å². The van der Waals surface area contributed by atoms with Crippen LogP contribution in [0.4, 0.5) is 0 Å². The van der Waals surface area contributed by atoms with Crippen molar-refractivity contribution >= 4 is 0 Å². The van der Waals surface area contributed by atoms with E-state index in [1.165, 1.54) is 16.7 Å². The highest BCUT2D eigenvalue weighted by Crippen LogP contribution is 2.19. The molecule has 0 radical (unpaired) electrons. The van der Waals surface area contributed by atoms with E-state index in [0.717, 1.165) is 45.8 Å². The maximum absolute atomic E-state index is 5.72. The molecule has 0 amide bonds. The van der Waals surface area contributed by atoms with Crippen molar-refractivity contribution in [2.75, 3.05) is 19.7 Å². The minimum absolute atomic E-state index is 0.426. The number of hydrogen-bond donors (Lipinski definition) is 1. The Morgan fingerprint density at radius 2 is 2.22 bits per heavy atom. The Kier molecular flexibility index (Phi) is 3.64. The van der Waals surface area contributed by atoms with E-state index in [1.807, 2.05) is 0 Å². The third-order valence-electron chi connectivity index (χ3n) is 3.99. The monoisotopic (exact) mass is 246 g/mol. The molecule has 2 aliphatic heterocycles. The molecule has 0 aliphatic carbocycles. The lowest BCUT2D eigenvalue weighted by Gasteiger charge is -2.32. The highest BCUT2D eigenvalue weighted by atomic mass is 16.5. The van der Waals surface area contributed by atoms with E-state index >= 15 is 0 Å². The van der Waals surface area contributed by atoms with E-state index in [1.54, 1.807) is 0 Å². The van der Waals surface area contributed by atoms with Gasteiger partial charge in [0.25, 0.3) is 0 Å². The summed E-state index contributed by atoms with van der Waals surface area (Å²) in [6, 6.07) is 6.93. The number of fused-ring (bicyclic) bond motifs is 1. The number of morpholine rings is 1. The minimum atomic E-state index is 0.426. The summed E-state index contributed by atoms with van der Waals surface area (Å²) in [5.74, 6) is 0. The molecular weight excluding hydrogens is 224 g/mol. The van der Waals surface area contributed by atoms with Crippen molar-refractivity contribution < 1.29 is 4.74 Å². The second kappa shape index (κ2) is 5.39. The summed E-state index contributed by atoms with van der Waals surface area (Å²) in [5, 5.41) is 3.40. The molecule has 0 bridgehead atoms. The Morgan fingerprint density at radius 3 is 3.11 bits per heavy atom. The molecule has 3 rings (SSSR count). The number of nitrogens with one attached hydrogen (secondary N) is 1. The van der Waals surface area contributed by atoms with Gasteiger partial charge in [0.15, 0.2) is 0 Å². The molecule has 2 aliphatic rings. The van der Waals surface area contributed by atoms with Crippen LogP contribution in [0, 0.1) is 0 Å². The van der Waals surface area contributed by atoms with Crippen LogP contribution in [-0.4, -0.2) is 30.7 Å². The van der Waals surface area contributed by atoms with Gasteiger partial charge in [-0.3, -0.25) is 4.90 Å². The molecule has 2 heterocycles. The summed E-state index contributed by atoms with van der Waals surface area (Å²) in [7, 11) is 0. The third-order valence-corrected chi connectivity index (χ3v) is 3.99. The molecule has 1 N–H and O–H groups in total. The SMILES string of the molecule is CCC1CN(Cc2ccc3c(c2)CNC3)CCO1. The first-order valence-electron chi connectivity index (χ1n) is 7.00. The average Bonchev–Trinajstić information content (AvgIpc) is 2.86. The summed E-state index contributed by atoms with van der Waals surface area (Å²) < 4.78 is 5.72. The molecule has 18 heavy (non-hydrogen) atoms. The van der Waals surface area contributed by atoms with Crippen molar-refractivity contribution in [3.05, 3.63) is 34.9 Å².